The lowest BCUT2D eigenvalue weighted by atomic mass is 10.3. The molecule has 0 saturated heterocycles. The minimum absolute atomic E-state index is 0.0658. The van der Waals surface area contributed by atoms with E-state index in [-0.39, 0.29) is 18.3 Å². The van der Waals surface area contributed by atoms with E-state index in [0.29, 0.717) is 30.1 Å². The van der Waals surface area contributed by atoms with Crippen molar-refractivity contribution in [2.24, 2.45) is 0 Å². The number of esters is 1. The molecule has 0 atom stereocenters. The van der Waals surface area contributed by atoms with Crippen LogP contribution in [0, 0.1) is 0 Å². The Morgan fingerprint density at radius 2 is 1.93 bits per heavy atom. The van der Waals surface area contributed by atoms with Gasteiger partial charge in [-0.25, -0.2) is 9.78 Å². The molecule has 1 N–H and O–H groups in total. The van der Waals surface area contributed by atoms with Crippen molar-refractivity contribution < 1.29 is 9.53 Å². The fourth-order valence-corrected chi connectivity index (χ4v) is 4.01. The van der Waals surface area contributed by atoms with Crippen molar-refractivity contribution in [2.75, 3.05) is 5.75 Å². The number of H-pyrrole nitrogens is 1. The van der Waals surface area contributed by atoms with Gasteiger partial charge in [-0.05, 0) is 37.6 Å². The van der Waals surface area contributed by atoms with Crippen molar-refractivity contribution in [1.82, 2.24) is 19.1 Å². The monoisotopic (exact) mass is 494 g/mol. The molecule has 160 valence electrons. The Balaban J connectivity index is 1.77. The van der Waals surface area contributed by atoms with Gasteiger partial charge in [-0.1, -0.05) is 29.3 Å². The summed E-state index contributed by atoms with van der Waals surface area (Å²) in [6.07, 6.45) is 1.69. The number of halogens is 1. The molecule has 0 fully saturated rings. The van der Waals surface area contributed by atoms with Crippen LogP contribution in [-0.2, 0) is 29.2 Å². The van der Waals surface area contributed by atoms with Gasteiger partial charge < -0.3 is 9.30 Å². The number of rotatable bonds is 9. The van der Waals surface area contributed by atoms with Crippen molar-refractivity contribution in [3.05, 3.63) is 55.4 Å². The van der Waals surface area contributed by atoms with Crippen molar-refractivity contribution in [3.63, 3.8) is 0 Å². The largest absolute Gasteiger partial charge is 0.457 e. The number of aryl methyl sites for hydroxylation is 2. The molecule has 0 aliphatic carbocycles. The van der Waals surface area contributed by atoms with Crippen LogP contribution in [0.2, 0.25) is 0 Å². The van der Waals surface area contributed by atoms with Crippen molar-refractivity contribution >= 4 is 44.8 Å². The Hall–Kier alpha value is -2.33. The SMILES string of the molecule is CCCCn1c(=O)[nH]c(=O)c2c1nc(COC(=O)CSc1ccc(Br)cc1)n2CC. The maximum absolute atomic E-state index is 12.4. The van der Waals surface area contributed by atoms with Crippen LogP contribution in [0.15, 0.2) is 43.2 Å². The normalized spacial score (nSPS) is 11.2. The summed E-state index contributed by atoms with van der Waals surface area (Å²) in [6, 6.07) is 7.65. The number of hydrogen-bond donors (Lipinski definition) is 1. The average Bonchev–Trinajstić information content (AvgIpc) is 3.10. The molecule has 1 aromatic carbocycles. The predicted octanol–water partition coefficient (Wildman–Crippen LogP) is 3.30. The Bertz CT molecular complexity index is 1150. The molecular weight excluding hydrogens is 472 g/mol. The van der Waals surface area contributed by atoms with Gasteiger partial charge in [0, 0.05) is 22.5 Å². The fraction of sp³-hybridized carbons (Fsp3) is 0.400. The molecule has 3 aromatic rings. The van der Waals surface area contributed by atoms with Crippen LogP contribution in [0.25, 0.3) is 11.2 Å². The van der Waals surface area contributed by atoms with E-state index in [1.54, 1.807) is 4.57 Å². The lowest BCUT2D eigenvalue weighted by Gasteiger charge is -2.07. The van der Waals surface area contributed by atoms with E-state index in [0.717, 1.165) is 22.2 Å². The Kier molecular flexibility index (Phi) is 7.54. The van der Waals surface area contributed by atoms with Gasteiger partial charge in [0.05, 0.1) is 5.75 Å². The van der Waals surface area contributed by atoms with Crippen molar-refractivity contribution in [2.45, 2.75) is 51.3 Å². The topological polar surface area (TPSA) is 99.0 Å². The lowest BCUT2D eigenvalue weighted by molar-refractivity contribution is -0.142. The Morgan fingerprint density at radius 3 is 2.60 bits per heavy atom. The number of imidazole rings is 1. The second kappa shape index (κ2) is 10.1. The fourth-order valence-electron chi connectivity index (χ4n) is 3.05. The minimum Gasteiger partial charge on any atom is -0.457 e. The molecule has 0 amide bonds. The van der Waals surface area contributed by atoms with Gasteiger partial charge >= 0.3 is 11.7 Å². The summed E-state index contributed by atoms with van der Waals surface area (Å²) >= 11 is 4.76. The zero-order valence-electron chi connectivity index (χ0n) is 16.8. The van der Waals surface area contributed by atoms with Gasteiger partial charge in [-0.3, -0.25) is 19.1 Å². The number of ether oxygens (including phenoxy) is 1. The molecule has 0 saturated carbocycles. The maximum atomic E-state index is 12.4. The highest BCUT2D eigenvalue weighted by Gasteiger charge is 2.18. The van der Waals surface area contributed by atoms with E-state index in [9.17, 15) is 14.4 Å². The number of nitrogens with one attached hydrogen (secondary N) is 1. The zero-order valence-corrected chi connectivity index (χ0v) is 19.2. The number of fused-ring (bicyclic) bond motifs is 1. The highest BCUT2D eigenvalue weighted by molar-refractivity contribution is 9.10. The Labute approximate surface area is 185 Å². The molecule has 30 heavy (non-hydrogen) atoms. The van der Waals surface area contributed by atoms with Crippen LogP contribution in [-0.4, -0.2) is 30.8 Å². The summed E-state index contributed by atoms with van der Waals surface area (Å²) in [5.41, 5.74) is -0.311. The summed E-state index contributed by atoms with van der Waals surface area (Å²) in [7, 11) is 0. The molecule has 0 radical (unpaired) electrons. The second-order valence-corrected chi connectivity index (χ2v) is 8.58. The minimum atomic E-state index is -0.486. The predicted molar refractivity (Wildman–Crippen MR) is 120 cm³/mol. The third kappa shape index (κ3) is 5.04. The summed E-state index contributed by atoms with van der Waals surface area (Å²) in [5.74, 6) is 0.223. The number of thioether (sulfide) groups is 1. The van der Waals surface area contributed by atoms with Crippen LogP contribution in [0.1, 0.15) is 32.5 Å². The number of aromatic nitrogens is 4. The number of unbranched alkanes of at least 4 members (excludes halogenated alkanes) is 1. The van der Waals surface area contributed by atoms with Gasteiger partial charge in [0.2, 0.25) is 0 Å². The summed E-state index contributed by atoms with van der Waals surface area (Å²) in [4.78, 5) is 44.6. The summed E-state index contributed by atoms with van der Waals surface area (Å²) in [5, 5.41) is 0. The third-order valence-corrected chi connectivity index (χ3v) is 6.06. The number of carbonyl (C=O) groups is 1. The van der Waals surface area contributed by atoms with Gasteiger partial charge in [0.15, 0.2) is 11.2 Å². The van der Waals surface area contributed by atoms with Crippen molar-refractivity contribution in [3.8, 4) is 0 Å². The van der Waals surface area contributed by atoms with E-state index < -0.39 is 11.2 Å². The molecule has 0 unspecified atom stereocenters. The molecule has 2 aromatic heterocycles. The number of nitrogens with zero attached hydrogens (tertiary/aromatic N) is 3. The first-order chi connectivity index (χ1) is 14.4. The van der Waals surface area contributed by atoms with Crippen LogP contribution in [0.5, 0.6) is 0 Å². The summed E-state index contributed by atoms with van der Waals surface area (Å²) < 4.78 is 9.52. The second-order valence-electron chi connectivity index (χ2n) is 6.61. The average molecular weight is 495 g/mol. The number of aromatic amines is 1. The van der Waals surface area contributed by atoms with Gasteiger partial charge in [0.1, 0.15) is 12.4 Å². The maximum Gasteiger partial charge on any atom is 0.330 e. The smallest absolute Gasteiger partial charge is 0.330 e. The number of hydrogen-bond acceptors (Lipinski definition) is 6. The van der Waals surface area contributed by atoms with E-state index >= 15 is 0 Å². The van der Waals surface area contributed by atoms with Crippen molar-refractivity contribution in [1.29, 1.82) is 0 Å². The number of carbonyl (C=O) groups excluding carboxylic acids is 1. The first-order valence-corrected chi connectivity index (χ1v) is 11.5. The molecule has 8 nitrogen and oxygen atoms in total. The summed E-state index contributed by atoms with van der Waals surface area (Å²) in [6.45, 7) is 4.76. The molecule has 3 rings (SSSR count). The van der Waals surface area contributed by atoms with E-state index in [1.807, 2.05) is 38.1 Å². The van der Waals surface area contributed by atoms with E-state index in [2.05, 4.69) is 25.9 Å². The van der Waals surface area contributed by atoms with Crippen LogP contribution >= 0.6 is 27.7 Å². The first-order valence-electron chi connectivity index (χ1n) is 9.70. The zero-order chi connectivity index (χ0) is 21.7. The van der Waals surface area contributed by atoms with Gasteiger partial charge in [-0.2, -0.15) is 0 Å². The van der Waals surface area contributed by atoms with Crippen LogP contribution < -0.4 is 11.2 Å². The Morgan fingerprint density at radius 1 is 1.20 bits per heavy atom. The van der Waals surface area contributed by atoms with Crippen LogP contribution in [0.4, 0.5) is 0 Å². The van der Waals surface area contributed by atoms with E-state index in [1.165, 1.54) is 16.3 Å². The standard InChI is InChI=1S/C20H23BrN4O4S/c1-3-5-10-25-18-17(19(27)23-20(25)28)24(4-2)15(22-18)11-29-16(26)12-30-14-8-6-13(21)7-9-14/h6-9H,3-5,10-12H2,1-2H3,(H,23,27,28). The van der Waals surface area contributed by atoms with E-state index in [4.69, 9.17) is 4.74 Å². The number of benzene rings is 1. The molecule has 2 heterocycles. The molecule has 0 spiro atoms. The first kappa shape index (κ1) is 22.4. The third-order valence-electron chi connectivity index (χ3n) is 4.55. The highest BCUT2D eigenvalue weighted by atomic mass is 79.9. The molecule has 0 bridgehead atoms. The molecule has 0 aliphatic rings. The van der Waals surface area contributed by atoms with Gasteiger partial charge in [0.25, 0.3) is 5.56 Å². The molecule has 0 aliphatic heterocycles. The highest BCUT2D eigenvalue weighted by Crippen LogP contribution is 2.21. The quantitative estimate of drug-likeness (QED) is 0.361. The lowest BCUT2D eigenvalue weighted by Crippen LogP contribution is -2.31. The van der Waals surface area contributed by atoms with Crippen LogP contribution in [0.3, 0.4) is 0 Å². The molecule has 10 heteroatoms. The molecular formula is C20H23BrN4O4S. The van der Waals surface area contributed by atoms with Gasteiger partial charge in [-0.15, -0.1) is 11.8 Å².